The van der Waals surface area contributed by atoms with Gasteiger partial charge in [-0.1, -0.05) is 19.3 Å². The minimum absolute atomic E-state index is 0. The molecule has 1 saturated carbocycles. The van der Waals surface area contributed by atoms with E-state index in [4.69, 9.17) is 4.74 Å². The van der Waals surface area contributed by atoms with E-state index in [1.807, 2.05) is 0 Å². The molecule has 3 N–H and O–H groups in total. The summed E-state index contributed by atoms with van der Waals surface area (Å²) in [7, 11) is 0. The fourth-order valence-corrected chi connectivity index (χ4v) is 2.54. The van der Waals surface area contributed by atoms with E-state index in [0.29, 0.717) is 13.2 Å². The molecule has 0 aromatic rings. The summed E-state index contributed by atoms with van der Waals surface area (Å²) < 4.78 is 5.32. The van der Waals surface area contributed by atoms with Gasteiger partial charge in [-0.3, -0.25) is 9.59 Å². The van der Waals surface area contributed by atoms with Crippen LogP contribution >= 0.6 is 12.4 Å². The second-order valence-electron chi connectivity index (χ2n) is 5.18. The molecule has 2 aliphatic rings. The average Bonchev–Trinajstić information content (AvgIpc) is 2.47. The van der Waals surface area contributed by atoms with Crippen molar-refractivity contribution in [1.82, 2.24) is 16.0 Å². The van der Waals surface area contributed by atoms with Crippen LogP contribution in [0.3, 0.4) is 0 Å². The Hall–Kier alpha value is -0.850. The Morgan fingerprint density at radius 3 is 2.60 bits per heavy atom. The fourth-order valence-electron chi connectivity index (χ4n) is 2.54. The van der Waals surface area contributed by atoms with Crippen LogP contribution in [0.2, 0.25) is 0 Å². The molecular weight excluding hydrogens is 282 g/mol. The standard InChI is InChI=1S/C13H23N3O3.ClH/c17-12(16-10-4-2-1-3-5-10)9-15-13(18)11-8-14-6-7-19-11;/h10-11,14H,1-9H2,(H,15,18)(H,16,17);1H. The minimum Gasteiger partial charge on any atom is -0.366 e. The van der Waals surface area contributed by atoms with Crippen molar-refractivity contribution in [3.05, 3.63) is 0 Å². The normalized spacial score (nSPS) is 23.5. The zero-order chi connectivity index (χ0) is 13.5. The SMILES string of the molecule is Cl.O=C(CNC(=O)C1CNCCO1)NC1CCCCC1. The summed E-state index contributed by atoms with van der Waals surface area (Å²) in [6.07, 6.45) is 5.24. The maximum Gasteiger partial charge on any atom is 0.250 e. The summed E-state index contributed by atoms with van der Waals surface area (Å²) in [5, 5.41) is 8.68. The molecule has 2 fully saturated rings. The van der Waals surface area contributed by atoms with E-state index in [-0.39, 0.29) is 36.8 Å². The van der Waals surface area contributed by atoms with Crippen molar-refractivity contribution < 1.29 is 14.3 Å². The van der Waals surface area contributed by atoms with Gasteiger partial charge < -0.3 is 20.7 Å². The summed E-state index contributed by atoms with van der Waals surface area (Å²) in [4.78, 5) is 23.5. The van der Waals surface area contributed by atoms with Gasteiger partial charge in [0.25, 0.3) is 5.91 Å². The number of ether oxygens (including phenoxy) is 1. The number of hydrogen-bond donors (Lipinski definition) is 3. The number of nitrogens with one attached hydrogen (secondary N) is 3. The molecule has 0 spiro atoms. The molecule has 1 saturated heterocycles. The maximum atomic E-state index is 11.7. The van der Waals surface area contributed by atoms with Gasteiger partial charge in [0.05, 0.1) is 13.2 Å². The van der Waals surface area contributed by atoms with Gasteiger partial charge in [0.2, 0.25) is 5.91 Å². The summed E-state index contributed by atoms with van der Waals surface area (Å²) in [5.74, 6) is -0.324. The largest absolute Gasteiger partial charge is 0.366 e. The third kappa shape index (κ3) is 5.64. The third-order valence-electron chi connectivity index (χ3n) is 3.61. The van der Waals surface area contributed by atoms with Gasteiger partial charge in [0.15, 0.2) is 0 Å². The summed E-state index contributed by atoms with van der Waals surface area (Å²) in [6.45, 7) is 1.85. The Kier molecular flexibility index (Phi) is 7.87. The van der Waals surface area contributed by atoms with Crippen LogP contribution in [0.5, 0.6) is 0 Å². The summed E-state index contributed by atoms with van der Waals surface area (Å²) in [5.41, 5.74) is 0. The highest BCUT2D eigenvalue weighted by molar-refractivity contribution is 5.87. The summed E-state index contributed by atoms with van der Waals surface area (Å²) >= 11 is 0. The van der Waals surface area contributed by atoms with E-state index in [1.165, 1.54) is 19.3 Å². The van der Waals surface area contributed by atoms with Gasteiger partial charge in [-0.25, -0.2) is 0 Å². The Morgan fingerprint density at radius 1 is 1.20 bits per heavy atom. The predicted octanol–water partition coefficient (Wildman–Crippen LogP) is -0.0383. The van der Waals surface area contributed by atoms with Crippen LogP contribution in [0.15, 0.2) is 0 Å². The van der Waals surface area contributed by atoms with Crippen molar-refractivity contribution >= 4 is 24.2 Å². The van der Waals surface area contributed by atoms with Gasteiger partial charge in [0, 0.05) is 19.1 Å². The molecule has 0 aromatic heterocycles. The first-order valence-electron chi connectivity index (χ1n) is 7.15. The van der Waals surface area contributed by atoms with Crippen LogP contribution in [0, 0.1) is 0 Å². The van der Waals surface area contributed by atoms with Crippen molar-refractivity contribution in [3.8, 4) is 0 Å². The van der Waals surface area contributed by atoms with Crippen LogP contribution in [0.4, 0.5) is 0 Å². The molecule has 0 radical (unpaired) electrons. The van der Waals surface area contributed by atoms with Gasteiger partial charge >= 0.3 is 0 Å². The van der Waals surface area contributed by atoms with E-state index >= 15 is 0 Å². The zero-order valence-electron chi connectivity index (χ0n) is 11.7. The van der Waals surface area contributed by atoms with E-state index < -0.39 is 6.10 Å². The van der Waals surface area contributed by atoms with Gasteiger partial charge in [-0.05, 0) is 12.8 Å². The first-order chi connectivity index (χ1) is 9.25. The number of carbonyl (C=O) groups excluding carboxylic acids is 2. The Balaban J connectivity index is 0.00000200. The average molecular weight is 306 g/mol. The van der Waals surface area contributed by atoms with Gasteiger partial charge in [-0.2, -0.15) is 0 Å². The molecular formula is C13H24ClN3O3. The highest BCUT2D eigenvalue weighted by Crippen LogP contribution is 2.17. The molecule has 1 atom stereocenters. The molecule has 1 aliphatic carbocycles. The van der Waals surface area contributed by atoms with E-state index in [0.717, 1.165) is 19.4 Å². The molecule has 1 unspecified atom stereocenters. The van der Waals surface area contributed by atoms with Crippen molar-refractivity contribution in [2.45, 2.75) is 44.2 Å². The lowest BCUT2D eigenvalue weighted by atomic mass is 9.95. The number of hydrogen-bond acceptors (Lipinski definition) is 4. The van der Waals surface area contributed by atoms with Crippen molar-refractivity contribution in [3.63, 3.8) is 0 Å². The number of amides is 2. The van der Waals surface area contributed by atoms with Gasteiger partial charge in [-0.15, -0.1) is 12.4 Å². The number of halogens is 1. The van der Waals surface area contributed by atoms with E-state index in [9.17, 15) is 9.59 Å². The minimum atomic E-state index is -0.476. The first-order valence-corrected chi connectivity index (χ1v) is 7.15. The van der Waals surface area contributed by atoms with Crippen LogP contribution in [-0.4, -0.2) is 50.2 Å². The molecule has 0 bridgehead atoms. The molecule has 20 heavy (non-hydrogen) atoms. The second kappa shape index (κ2) is 9.15. The number of carbonyl (C=O) groups is 2. The van der Waals surface area contributed by atoms with Crippen LogP contribution < -0.4 is 16.0 Å². The zero-order valence-corrected chi connectivity index (χ0v) is 12.5. The third-order valence-corrected chi connectivity index (χ3v) is 3.61. The van der Waals surface area contributed by atoms with Crippen molar-refractivity contribution in [2.75, 3.05) is 26.2 Å². The molecule has 1 aliphatic heterocycles. The van der Waals surface area contributed by atoms with E-state index in [1.54, 1.807) is 0 Å². The Morgan fingerprint density at radius 2 is 1.95 bits per heavy atom. The van der Waals surface area contributed by atoms with Crippen LogP contribution in [0.25, 0.3) is 0 Å². The highest BCUT2D eigenvalue weighted by Gasteiger charge is 2.22. The molecule has 1 heterocycles. The molecule has 2 amide bonds. The Bertz CT molecular complexity index is 316. The molecule has 116 valence electrons. The smallest absolute Gasteiger partial charge is 0.250 e. The van der Waals surface area contributed by atoms with Crippen molar-refractivity contribution in [1.29, 1.82) is 0 Å². The number of morpholine rings is 1. The lowest BCUT2D eigenvalue weighted by molar-refractivity contribution is -0.136. The van der Waals surface area contributed by atoms with Gasteiger partial charge in [0.1, 0.15) is 6.10 Å². The number of rotatable bonds is 4. The summed E-state index contributed by atoms with van der Waals surface area (Å²) in [6, 6.07) is 0.283. The maximum absolute atomic E-state index is 11.7. The van der Waals surface area contributed by atoms with Crippen LogP contribution in [-0.2, 0) is 14.3 Å². The fraction of sp³-hybridized carbons (Fsp3) is 0.846. The second-order valence-corrected chi connectivity index (χ2v) is 5.18. The first kappa shape index (κ1) is 17.2. The monoisotopic (exact) mass is 305 g/mol. The van der Waals surface area contributed by atoms with Crippen LogP contribution in [0.1, 0.15) is 32.1 Å². The molecule has 6 nitrogen and oxygen atoms in total. The highest BCUT2D eigenvalue weighted by atomic mass is 35.5. The molecule has 7 heteroatoms. The predicted molar refractivity (Wildman–Crippen MR) is 77.9 cm³/mol. The van der Waals surface area contributed by atoms with Crippen molar-refractivity contribution in [2.24, 2.45) is 0 Å². The lowest BCUT2D eigenvalue weighted by Gasteiger charge is -2.24. The topological polar surface area (TPSA) is 79.5 Å². The quantitative estimate of drug-likeness (QED) is 0.681. The molecule has 2 rings (SSSR count). The Labute approximate surface area is 125 Å². The van der Waals surface area contributed by atoms with E-state index in [2.05, 4.69) is 16.0 Å². The molecule has 0 aromatic carbocycles. The lowest BCUT2D eigenvalue weighted by Crippen LogP contribution is -2.50.